The van der Waals surface area contributed by atoms with Crippen LogP contribution in [0.15, 0.2) is 28.7 Å². The molecule has 0 fully saturated rings. The quantitative estimate of drug-likeness (QED) is 0.826. The third-order valence-corrected chi connectivity index (χ3v) is 3.70. The minimum atomic E-state index is 0.162. The molecular formula is C16H21N3O2. The van der Waals surface area contributed by atoms with Crippen molar-refractivity contribution < 1.29 is 9.15 Å². The highest BCUT2D eigenvalue weighted by Gasteiger charge is 2.25. The summed E-state index contributed by atoms with van der Waals surface area (Å²) in [6.07, 6.45) is 2.73. The van der Waals surface area contributed by atoms with E-state index in [1.54, 1.807) is 0 Å². The fraction of sp³-hybridized carbons (Fsp3) is 0.500. The fourth-order valence-corrected chi connectivity index (χ4v) is 2.56. The maximum absolute atomic E-state index is 5.79. The van der Waals surface area contributed by atoms with Crippen LogP contribution < -0.4 is 10.1 Å². The van der Waals surface area contributed by atoms with Gasteiger partial charge in [0.25, 0.3) is 0 Å². The highest BCUT2D eigenvalue weighted by Crippen LogP contribution is 2.31. The molecule has 21 heavy (non-hydrogen) atoms. The molecule has 1 N–H and O–H groups in total. The number of nitrogens with one attached hydrogen (secondary N) is 1. The van der Waals surface area contributed by atoms with E-state index in [0.717, 1.165) is 44.0 Å². The lowest BCUT2D eigenvalue weighted by molar-refractivity contribution is 0.239. The number of benzene rings is 1. The Bertz CT molecular complexity index is 582. The molecule has 5 nitrogen and oxygen atoms in total. The van der Waals surface area contributed by atoms with Crippen LogP contribution in [0, 0.1) is 0 Å². The van der Waals surface area contributed by atoms with Crippen LogP contribution in [0.3, 0.4) is 0 Å². The molecule has 0 saturated heterocycles. The zero-order valence-corrected chi connectivity index (χ0v) is 12.3. The van der Waals surface area contributed by atoms with E-state index in [9.17, 15) is 0 Å². The maximum Gasteiger partial charge on any atom is 0.223 e. The molecule has 2 aromatic rings. The number of hydrogen-bond donors (Lipinski definition) is 1. The lowest BCUT2D eigenvalue weighted by atomic mass is 9.97. The van der Waals surface area contributed by atoms with Crippen LogP contribution >= 0.6 is 0 Å². The van der Waals surface area contributed by atoms with Crippen molar-refractivity contribution in [3.63, 3.8) is 0 Å². The number of ether oxygens (including phenoxy) is 1. The minimum absolute atomic E-state index is 0.162. The molecule has 2 heterocycles. The van der Waals surface area contributed by atoms with Gasteiger partial charge in [-0.25, -0.2) is 0 Å². The molecule has 1 aliphatic heterocycles. The zero-order chi connectivity index (χ0) is 14.5. The number of para-hydroxylation sites is 1. The Morgan fingerprint density at radius 3 is 3.10 bits per heavy atom. The van der Waals surface area contributed by atoms with Gasteiger partial charge < -0.3 is 14.5 Å². The van der Waals surface area contributed by atoms with Gasteiger partial charge in [0, 0.05) is 6.42 Å². The van der Waals surface area contributed by atoms with Crippen LogP contribution in [-0.4, -0.2) is 29.9 Å². The van der Waals surface area contributed by atoms with Gasteiger partial charge in [-0.15, -0.1) is 10.2 Å². The van der Waals surface area contributed by atoms with Gasteiger partial charge in [-0.3, -0.25) is 0 Å². The average molecular weight is 287 g/mol. The second-order valence-corrected chi connectivity index (χ2v) is 5.31. The predicted octanol–water partition coefficient (Wildman–Crippen LogP) is 2.33. The van der Waals surface area contributed by atoms with Crippen molar-refractivity contribution in [1.29, 1.82) is 0 Å². The molecule has 1 unspecified atom stereocenters. The van der Waals surface area contributed by atoms with Crippen LogP contribution in [0.4, 0.5) is 0 Å². The average Bonchev–Trinajstić information content (AvgIpc) is 3.00. The van der Waals surface area contributed by atoms with Gasteiger partial charge in [-0.2, -0.15) is 0 Å². The normalized spacial score (nSPS) is 17.3. The van der Waals surface area contributed by atoms with Gasteiger partial charge in [0.05, 0.1) is 5.92 Å². The van der Waals surface area contributed by atoms with Crippen molar-refractivity contribution in [2.45, 2.75) is 32.1 Å². The number of fused-ring (bicyclic) bond motifs is 1. The smallest absolute Gasteiger partial charge is 0.223 e. The summed E-state index contributed by atoms with van der Waals surface area (Å²) in [7, 11) is 0. The van der Waals surface area contributed by atoms with Gasteiger partial charge in [-0.1, -0.05) is 25.1 Å². The number of aryl methyl sites for hydroxylation is 1. The van der Waals surface area contributed by atoms with Crippen molar-refractivity contribution in [3.8, 4) is 5.75 Å². The molecule has 0 radical (unpaired) electrons. The topological polar surface area (TPSA) is 60.2 Å². The van der Waals surface area contributed by atoms with E-state index in [4.69, 9.17) is 9.15 Å². The van der Waals surface area contributed by atoms with E-state index in [0.29, 0.717) is 12.5 Å². The first-order chi connectivity index (χ1) is 10.4. The van der Waals surface area contributed by atoms with Gasteiger partial charge in [0.15, 0.2) is 0 Å². The molecule has 3 rings (SSSR count). The summed E-state index contributed by atoms with van der Waals surface area (Å²) in [5.41, 5.74) is 1.21. The molecule has 112 valence electrons. The lowest BCUT2D eigenvalue weighted by Gasteiger charge is -2.22. The molecule has 5 heteroatoms. The zero-order valence-electron chi connectivity index (χ0n) is 12.3. The van der Waals surface area contributed by atoms with E-state index < -0.39 is 0 Å². The van der Waals surface area contributed by atoms with Crippen LogP contribution in [0.2, 0.25) is 0 Å². The SMILES string of the molecule is CCNCCCc1nnc(C2COc3ccccc3C2)o1. The van der Waals surface area contributed by atoms with Crippen molar-refractivity contribution in [2.24, 2.45) is 0 Å². The van der Waals surface area contributed by atoms with E-state index >= 15 is 0 Å². The maximum atomic E-state index is 5.79. The highest BCUT2D eigenvalue weighted by atomic mass is 16.5. The fourth-order valence-electron chi connectivity index (χ4n) is 2.56. The summed E-state index contributed by atoms with van der Waals surface area (Å²) in [4.78, 5) is 0. The molecule has 1 aromatic heterocycles. The predicted molar refractivity (Wildman–Crippen MR) is 79.5 cm³/mol. The Morgan fingerprint density at radius 1 is 1.29 bits per heavy atom. The number of nitrogens with zero attached hydrogens (tertiary/aromatic N) is 2. The number of aromatic nitrogens is 2. The van der Waals surface area contributed by atoms with E-state index in [-0.39, 0.29) is 5.92 Å². The van der Waals surface area contributed by atoms with Crippen molar-refractivity contribution in [3.05, 3.63) is 41.6 Å². The molecule has 1 aromatic carbocycles. The third-order valence-electron chi connectivity index (χ3n) is 3.70. The monoisotopic (exact) mass is 287 g/mol. The standard InChI is InChI=1S/C16H21N3O2/c1-2-17-9-5-8-15-18-19-16(21-15)13-10-12-6-3-4-7-14(12)20-11-13/h3-4,6-7,13,17H,2,5,8-11H2,1H3. The Balaban J connectivity index is 1.59. The molecule has 0 amide bonds. The van der Waals surface area contributed by atoms with Crippen LogP contribution in [0.5, 0.6) is 5.75 Å². The summed E-state index contributed by atoms with van der Waals surface area (Å²) in [5, 5.41) is 11.6. The summed E-state index contributed by atoms with van der Waals surface area (Å²) in [5.74, 6) is 2.55. The third kappa shape index (κ3) is 3.42. The molecule has 1 aliphatic rings. The van der Waals surface area contributed by atoms with Gasteiger partial charge in [-0.05, 0) is 37.6 Å². The van der Waals surface area contributed by atoms with Gasteiger partial charge in [0.1, 0.15) is 12.4 Å². The van der Waals surface area contributed by atoms with Crippen LogP contribution in [-0.2, 0) is 12.8 Å². The van der Waals surface area contributed by atoms with E-state index in [1.807, 2.05) is 18.2 Å². The molecular weight excluding hydrogens is 266 g/mol. The van der Waals surface area contributed by atoms with Gasteiger partial charge >= 0.3 is 0 Å². The van der Waals surface area contributed by atoms with Gasteiger partial charge in [0.2, 0.25) is 11.8 Å². The van der Waals surface area contributed by atoms with Crippen molar-refractivity contribution >= 4 is 0 Å². The van der Waals surface area contributed by atoms with Crippen molar-refractivity contribution in [1.82, 2.24) is 15.5 Å². The first kappa shape index (κ1) is 14.1. The minimum Gasteiger partial charge on any atom is -0.492 e. The van der Waals surface area contributed by atoms with Crippen LogP contribution in [0.25, 0.3) is 0 Å². The largest absolute Gasteiger partial charge is 0.492 e. The molecule has 0 saturated carbocycles. The molecule has 1 atom stereocenters. The van der Waals surface area contributed by atoms with Crippen molar-refractivity contribution in [2.75, 3.05) is 19.7 Å². The molecule has 0 bridgehead atoms. The lowest BCUT2D eigenvalue weighted by Crippen LogP contribution is -2.19. The Hall–Kier alpha value is -1.88. The first-order valence-electron chi connectivity index (χ1n) is 7.60. The second-order valence-electron chi connectivity index (χ2n) is 5.31. The summed E-state index contributed by atoms with van der Waals surface area (Å²) >= 11 is 0. The number of hydrogen-bond acceptors (Lipinski definition) is 5. The van der Waals surface area contributed by atoms with E-state index in [1.165, 1.54) is 5.56 Å². The molecule has 0 aliphatic carbocycles. The Kier molecular flexibility index (Phi) is 4.50. The molecule has 0 spiro atoms. The Morgan fingerprint density at radius 2 is 2.19 bits per heavy atom. The second kappa shape index (κ2) is 6.72. The summed E-state index contributed by atoms with van der Waals surface area (Å²) in [6.45, 7) is 4.68. The summed E-state index contributed by atoms with van der Waals surface area (Å²) < 4.78 is 11.6. The summed E-state index contributed by atoms with van der Waals surface area (Å²) in [6, 6.07) is 8.12. The first-order valence-corrected chi connectivity index (χ1v) is 7.60. The highest BCUT2D eigenvalue weighted by molar-refractivity contribution is 5.36. The number of rotatable bonds is 6. The Labute approximate surface area is 124 Å². The van der Waals surface area contributed by atoms with E-state index in [2.05, 4.69) is 28.5 Å². The van der Waals surface area contributed by atoms with Crippen LogP contribution in [0.1, 0.15) is 36.6 Å².